The predicted molar refractivity (Wildman–Crippen MR) is 66.8 cm³/mol. The summed E-state index contributed by atoms with van der Waals surface area (Å²) in [6, 6.07) is 3.82. The van der Waals surface area contributed by atoms with E-state index in [9.17, 15) is 8.78 Å². The lowest BCUT2D eigenvalue weighted by Gasteiger charge is -2.32. The van der Waals surface area contributed by atoms with Gasteiger partial charge in [-0.1, -0.05) is 0 Å². The number of hydrogen-bond acceptors (Lipinski definition) is 3. The normalized spacial score (nSPS) is 20.4. The van der Waals surface area contributed by atoms with E-state index in [1.807, 2.05) is 0 Å². The summed E-state index contributed by atoms with van der Waals surface area (Å²) in [5.41, 5.74) is -1.97. The van der Waals surface area contributed by atoms with Crippen molar-refractivity contribution in [2.45, 2.75) is 38.9 Å². The highest BCUT2D eigenvalue weighted by molar-refractivity contribution is 6.62. The quantitative estimate of drug-likeness (QED) is 0.730. The van der Waals surface area contributed by atoms with E-state index in [2.05, 4.69) is 0 Å². The summed E-state index contributed by atoms with van der Waals surface area (Å²) >= 11 is 0. The molecule has 0 aliphatic carbocycles. The summed E-state index contributed by atoms with van der Waals surface area (Å²) < 4.78 is 39.1. The van der Waals surface area contributed by atoms with E-state index in [1.165, 1.54) is 0 Å². The summed E-state index contributed by atoms with van der Waals surface area (Å²) in [5.74, 6) is -1.71. The second-order valence-corrected chi connectivity index (χ2v) is 5.52. The Kier molecular flexibility index (Phi) is 3.16. The van der Waals surface area contributed by atoms with Crippen LogP contribution in [0.4, 0.5) is 8.78 Å². The zero-order valence-electron chi connectivity index (χ0n) is 11.3. The molecule has 19 heavy (non-hydrogen) atoms. The second kappa shape index (κ2) is 4.29. The van der Waals surface area contributed by atoms with Gasteiger partial charge in [0, 0.05) is 0 Å². The van der Waals surface area contributed by atoms with Gasteiger partial charge < -0.3 is 9.31 Å². The van der Waals surface area contributed by atoms with E-state index < -0.39 is 30.0 Å². The van der Waals surface area contributed by atoms with Gasteiger partial charge in [0.1, 0.15) is 17.7 Å². The van der Waals surface area contributed by atoms with Gasteiger partial charge in [-0.3, -0.25) is 0 Å². The highest BCUT2D eigenvalue weighted by Gasteiger charge is 2.53. The highest BCUT2D eigenvalue weighted by atomic mass is 19.1. The molecule has 1 fully saturated rings. The molecule has 3 nitrogen and oxygen atoms in total. The first-order chi connectivity index (χ1) is 8.69. The minimum Gasteiger partial charge on any atom is -0.399 e. The molecule has 1 aliphatic heterocycles. The summed E-state index contributed by atoms with van der Waals surface area (Å²) in [7, 11) is -1.15. The largest absolute Gasteiger partial charge is 0.500 e. The van der Waals surface area contributed by atoms with Crippen molar-refractivity contribution in [3.05, 3.63) is 29.3 Å². The molecule has 0 amide bonds. The lowest BCUT2D eigenvalue weighted by atomic mass is 9.77. The van der Waals surface area contributed by atoms with Gasteiger partial charge in [-0.25, -0.2) is 8.78 Å². The van der Waals surface area contributed by atoms with Crippen molar-refractivity contribution in [1.29, 1.82) is 5.26 Å². The van der Waals surface area contributed by atoms with Crippen LogP contribution >= 0.6 is 0 Å². The van der Waals surface area contributed by atoms with Crippen LogP contribution < -0.4 is 5.46 Å². The fraction of sp³-hybridized carbons (Fsp3) is 0.462. The molecule has 6 heteroatoms. The van der Waals surface area contributed by atoms with Crippen LogP contribution in [0.2, 0.25) is 0 Å². The molecule has 0 unspecified atom stereocenters. The molecule has 2 rings (SSSR count). The third-order valence-corrected chi connectivity index (χ3v) is 3.74. The minimum absolute atomic E-state index is 0.230. The van der Waals surface area contributed by atoms with Crippen LogP contribution in [0.15, 0.2) is 12.1 Å². The topological polar surface area (TPSA) is 42.2 Å². The van der Waals surface area contributed by atoms with Crippen molar-refractivity contribution in [3.63, 3.8) is 0 Å². The molecule has 0 N–H and O–H groups in total. The smallest absolute Gasteiger partial charge is 0.399 e. The van der Waals surface area contributed by atoms with Crippen LogP contribution in [0.25, 0.3) is 0 Å². The van der Waals surface area contributed by atoms with Gasteiger partial charge in [-0.2, -0.15) is 5.26 Å². The summed E-state index contributed by atoms with van der Waals surface area (Å²) in [4.78, 5) is 0. The van der Waals surface area contributed by atoms with Gasteiger partial charge >= 0.3 is 7.12 Å². The summed E-state index contributed by atoms with van der Waals surface area (Å²) in [6.45, 7) is 7.15. The maximum Gasteiger partial charge on any atom is 0.500 e. The minimum atomic E-state index is -1.15. The third-order valence-electron chi connectivity index (χ3n) is 3.74. The molecule has 1 saturated heterocycles. The second-order valence-electron chi connectivity index (χ2n) is 5.52. The highest BCUT2D eigenvalue weighted by Crippen LogP contribution is 2.36. The first kappa shape index (κ1) is 14.0. The van der Waals surface area contributed by atoms with Gasteiger partial charge in [-0.15, -0.1) is 0 Å². The summed E-state index contributed by atoms with van der Waals surface area (Å²) in [6.07, 6.45) is 0. The maximum atomic E-state index is 14.1. The molecule has 0 saturated carbocycles. The molecule has 1 aromatic carbocycles. The first-order valence-electron chi connectivity index (χ1n) is 5.93. The van der Waals surface area contributed by atoms with Crippen LogP contribution in [0.1, 0.15) is 33.3 Å². The Morgan fingerprint density at radius 3 is 2.11 bits per heavy atom. The van der Waals surface area contributed by atoms with E-state index in [1.54, 1.807) is 33.8 Å². The monoisotopic (exact) mass is 265 g/mol. The van der Waals surface area contributed by atoms with Gasteiger partial charge in [0.25, 0.3) is 0 Å². The Hall–Kier alpha value is -1.45. The average Bonchev–Trinajstić information content (AvgIpc) is 2.48. The molecule has 0 atom stereocenters. The number of hydrogen-bond donors (Lipinski definition) is 0. The van der Waals surface area contributed by atoms with E-state index in [-0.39, 0.29) is 11.0 Å². The van der Waals surface area contributed by atoms with Crippen molar-refractivity contribution in [2.24, 2.45) is 0 Å². The number of nitrogens with zero attached hydrogens (tertiary/aromatic N) is 1. The van der Waals surface area contributed by atoms with Crippen LogP contribution in [0.3, 0.4) is 0 Å². The molecule has 100 valence electrons. The number of nitriles is 1. The van der Waals surface area contributed by atoms with Crippen LogP contribution in [0, 0.1) is 23.0 Å². The van der Waals surface area contributed by atoms with Crippen molar-refractivity contribution >= 4 is 12.6 Å². The molecule has 1 aliphatic rings. The van der Waals surface area contributed by atoms with Crippen LogP contribution in [0.5, 0.6) is 0 Å². The summed E-state index contributed by atoms with van der Waals surface area (Å²) in [5, 5.41) is 8.79. The molecule has 0 spiro atoms. The van der Waals surface area contributed by atoms with Gasteiger partial charge in [0.15, 0.2) is 0 Å². The van der Waals surface area contributed by atoms with E-state index >= 15 is 0 Å². The Labute approximate surface area is 111 Å². The fourth-order valence-electron chi connectivity index (χ4n) is 1.83. The first-order valence-corrected chi connectivity index (χ1v) is 5.93. The number of rotatable bonds is 1. The Morgan fingerprint density at radius 1 is 1.11 bits per heavy atom. The molecule has 0 bridgehead atoms. The molecule has 0 aromatic heterocycles. The Morgan fingerprint density at radius 2 is 1.63 bits per heavy atom. The van der Waals surface area contributed by atoms with Crippen molar-refractivity contribution in [1.82, 2.24) is 0 Å². The fourth-order valence-corrected chi connectivity index (χ4v) is 1.83. The standard InChI is InChI=1S/C13H14BF2NO2/c1-12(2)13(3,4)19-14(18-12)10-9(15)6-5-8(7-17)11(10)16/h5-6H,1-4H3. The molecule has 0 radical (unpaired) electrons. The van der Waals surface area contributed by atoms with Gasteiger partial charge in [0.05, 0.1) is 22.2 Å². The Bertz CT molecular complexity index is 550. The zero-order chi connectivity index (χ0) is 14.4. The molecular weight excluding hydrogens is 251 g/mol. The van der Waals surface area contributed by atoms with Gasteiger partial charge in [-0.05, 0) is 39.8 Å². The molecule has 1 heterocycles. The number of halogens is 2. The third kappa shape index (κ3) is 2.13. The van der Waals surface area contributed by atoms with E-state index in [0.29, 0.717) is 0 Å². The van der Waals surface area contributed by atoms with Crippen molar-refractivity contribution in [2.75, 3.05) is 0 Å². The SMILES string of the molecule is CC1(C)OB(c2c(F)ccc(C#N)c2F)OC1(C)C. The van der Waals surface area contributed by atoms with E-state index in [4.69, 9.17) is 14.6 Å². The maximum absolute atomic E-state index is 14.1. The lowest BCUT2D eigenvalue weighted by Crippen LogP contribution is -2.41. The zero-order valence-corrected chi connectivity index (χ0v) is 11.3. The van der Waals surface area contributed by atoms with Crippen LogP contribution in [-0.4, -0.2) is 18.3 Å². The van der Waals surface area contributed by atoms with Gasteiger partial charge in [0.2, 0.25) is 0 Å². The van der Waals surface area contributed by atoms with Crippen molar-refractivity contribution < 1.29 is 18.1 Å². The van der Waals surface area contributed by atoms with Crippen LogP contribution in [-0.2, 0) is 9.31 Å². The number of benzene rings is 1. The molecule has 1 aromatic rings. The van der Waals surface area contributed by atoms with E-state index in [0.717, 1.165) is 12.1 Å². The Balaban J connectivity index is 2.49. The predicted octanol–water partition coefficient (Wildman–Crippen LogP) is 2.14. The average molecular weight is 265 g/mol. The lowest BCUT2D eigenvalue weighted by molar-refractivity contribution is 0.00578. The molecular formula is C13H14BF2NO2. The van der Waals surface area contributed by atoms with Crippen molar-refractivity contribution in [3.8, 4) is 6.07 Å².